The van der Waals surface area contributed by atoms with Crippen LogP contribution in [0.4, 0.5) is 4.79 Å². The molecule has 118 valence electrons. The Labute approximate surface area is 137 Å². The summed E-state index contributed by atoms with van der Waals surface area (Å²) in [5, 5.41) is 6.69. The number of alkyl halides is 1. The van der Waals surface area contributed by atoms with Gasteiger partial charge >= 0.3 is 137 Å². The van der Waals surface area contributed by atoms with E-state index in [-0.39, 0.29) is 32.7 Å². The van der Waals surface area contributed by atoms with Gasteiger partial charge in [0.2, 0.25) is 0 Å². The molecule has 2 rings (SSSR count). The second-order valence-corrected chi connectivity index (χ2v) is 7.08. The molecule has 0 atom stereocenters. The fraction of sp³-hybridized carbons (Fsp3) is 0.385. The number of hydrogen-bond donors (Lipinski definition) is 1. The predicted molar refractivity (Wildman–Crippen MR) is 86.4 cm³/mol. The number of nitrogens with zero attached hydrogens (tertiary/aromatic N) is 3. The molecule has 1 aromatic heterocycles. The Morgan fingerprint density at radius 1 is 1.41 bits per heavy atom. The first-order chi connectivity index (χ1) is 10.7. The summed E-state index contributed by atoms with van der Waals surface area (Å²) in [6.07, 6.45) is 0.612. The molecule has 0 bridgehead atoms. The van der Waals surface area contributed by atoms with Crippen LogP contribution < -0.4 is 10.9 Å². The molecule has 0 spiro atoms. The molecule has 0 aliphatic rings. The molecule has 7 nitrogen and oxygen atoms in total. The average molecular weight is 390 g/mol. The van der Waals surface area contributed by atoms with Gasteiger partial charge in [-0.3, -0.25) is 0 Å². The second kappa shape index (κ2) is 8.12. The van der Waals surface area contributed by atoms with Crippen LogP contribution in [0.1, 0.15) is 6.42 Å². The van der Waals surface area contributed by atoms with Crippen molar-refractivity contribution in [3.05, 3.63) is 39.5 Å². The fourth-order valence-electron chi connectivity index (χ4n) is 1.93. The molecule has 0 saturated heterocycles. The van der Waals surface area contributed by atoms with E-state index in [9.17, 15) is 14.5 Å². The number of rotatable bonds is 7. The minimum atomic E-state index is -0.572. The number of aromatic nitrogens is 1. The normalized spacial score (nSPS) is 10.6. The monoisotopic (exact) mass is 390 g/mol. The van der Waals surface area contributed by atoms with Crippen LogP contribution in [0.3, 0.4) is 0 Å². The maximum absolute atomic E-state index is 12.1. The van der Waals surface area contributed by atoms with Gasteiger partial charge in [0.25, 0.3) is 0 Å². The molecular weight excluding hydrogens is 375 g/mol. The number of amides is 2. The van der Waals surface area contributed by atoms with Crippen LogP contribution in [0.15, 0.2) is 34.3 Å². The number of benzene rings is 1. The number of nitrogens with one attached hydrogen (secondary N) is 1. The topological polar surface area (TPSA) is 83.8 Å². The van der Waals surface area contributed by atoms with Crippen molar-refractivity contribution in [1.29, 1.82) is 0 Å². The van der Waals surface area contributed by atoms with Crippen molar-refractivity contribution >= 4 is 42.0 Å². The van der Waals surface area contributed by atoms with Crippen LogP contribution in [0.5, 0.6) is 0 Å². The SMILES string of the molecule is O=NN(CCCl)C(=O)NCCCn1[se]c2ccccc2c1=O. The summed E-state index contributed by atoms with van der Waals surface area (Å²) < 4.78 is 2.89. The molecule has 1 aromatic carbocycles. The Morgan fingerprint density at radius 2 is 2.18 bits per heavy atom. The van der Waals surface area contributed by atoms with Crippen LogP contribution in [0.25, 0.3) is 9.65 Å². The van der Waals surface area contributed by atoms with E-state index in [2.05, 4.69) is 10.6 Å². The molecule has 22 heavy (non-hydrogen) atoms. The van der Waals surface area contributed by atoms with Crippen LogP contribution in [0.2, 0.25) is 0 Å². The Morgan fingerprint density at radius 3 is 2.86 bits per heavy atom. The third-order valence-electron chi connectivity index (χ3n) is 3.00. The number of carbonyl (C=O) groups excluding carboxylic acids is 1. The Balaban J connectivity index is 1.85. The van der Waals surface area contributed by atoms with Gasteiger partial charge in [0.15, 0.2) is 0 Å². The van der Waals surface area contributed by atoms with Gasteiger partial charge < -0.3 is 0 Å². The molecule has 1 N–H and O–H groups in total. The Hall–Kier alpha value is -1.63. The van der Waals surface area contributed by atoms with Gasteiger partial charge in [0, 0.05) is 0 Å². The van der Waals surface area contributed by atoms with Crippen molar-refractivity contribution < 1.29 is 4.79 Å². The quantitative estimate of drug-likeness (QED) is 0.255. The first-order valence-corrected chi connectivity index (χ1v) is 8.86. The molecule has 2 aromatic rings. The van der Waals surface area contributed by atoms with E-state index in [4.69, 9.17) is 11.6 Å². The summed E-state index contributed by atoms with van der Waals surface area (Å²) in [7, 11) is 0. The van der Waals surface area contributed by atoms with E-state index < -0.39 is 6.03 Å². The summed E-state index contributed by atoms with van der Waals surface area (Å²) >= 11 is 5.46. The number of carbonyl (C=O) groups is 1. The van der Waals surface area contributed by atoms with E-state index in [1.54, 1.807) is 3.56 Å². The van der Waals surface area contributed by atoms with Gasteiger partial charge in [-0.05, 0) is 0 Å². The molecule has 9 heteroatoms. The summed E-state index contributed by atoms with van der Waals surface area (Å²) in [6.45, 7) is 1.00. The van der Waals surface area contributed by atoms with Crippen molar-refractivity contribution in [2.45, 2.75) is 13.0 Å². The zero-order chi connectivity index (χ0) is 15.9. The van der Waals surface area contributed by atoms with Crippen LogP contribution >= 0.6 is 11.6 Å². The number of halogens is 1. The zero-order valence-electron chi connectivity index (χ0n) is 11.7. The first kappa shape index (κ1) is 16.7. The molecule has 0 radical (unpaired) electrons. The Bertz CT molecular complexity index is 715. The van der Waals surface area contributed by atoms with Gasteiger partial charge in [-0.1, -0.05) is 0 Å². The summed E-state index contributed by atoms with van der Waals surface area (Å²) in [4.78, 5) is 34.2. The van der Waals surface area contributed by atoms with Crippen molar-refractivity contribution in [3.63, 3.8) is 0 Å². The van der Waals surface area contributed by atoms with Crippen molar-refractivity contribution in [2.24, 2.45) is 5.29 Å². The number of aryl methyl sites for hydroxylation is 1. The van der Waals surface area contributed by atoms with Gasteiger partial charge in [-0.2, -0.15) is 0 Å². The Kier molecular flexibility index (Phi) is 6.18. The second-order valence-electron chi connectivity index (χ2n) is 4.47. The van der Waals surface area contributed by atoms with Crippen LogP contribution in [-0.2, 0) is 6.54 Å². The summed E-state index contributed by atoms with van der Waals surface area (Å²) in [5.41, 5.74) is 0.0419. The summed E-state index contributed by atoms with van der Waals surface area (Å²) in [6, 6.07) is 7.01. The zero-order valence-corrected chi connectivity index (χ0v) is 14.2. The van der Waals surface area contributed by atoms with Crippen molar-refractivity contribution in [1.82, 2.24) is 13.9 Å². The number of nitroso groups, excluding NO2 is 1. The standard InChI is InChI=1S/C13H15ClN4O3Se/c14-6-9-17(16-21)13(20)15-7-3-8-18-12(19)10-4-1-2-5-11(10)22-18/h1-2,4-5H,3,6-9H2,(H,15,20). The molecule has 0 fully saturated rings. The van der Waals surface area contributed by atoms with Crippen LogP contribution in [0, 0.1) is 4.91 Å². The molecule has 0 saturated carbocycles. The fourth-order valence-corrected chi connectivity index (χ4v) is 4.26. The third kappa shape index (κ3) is 3.97. The van der Waals surface area contributed by atoms with Gasteiger partial charge in [0.1, 0.15) is 0 Å². The first-order valence-electron chi connectivity index (χ1n) is 6.71. The van der Waals surface area contributed by atoms with Crippen molar-refractivity contribution in [2.75, 3.05) is 19.0 Å². The predicted octanol–water partition coefficient (Wildman–Crippen LogP) is 1.38. The van der Waals surface area contributed by atoms with E-state index in [1.807, 2.05) is 24.3 Å². The molecule has 0 unspecified atom stereocenters. The van der Waals surface area contributed by atoms with Crippen LogP contribution in [-0.4, -0.2) is 48.3 Å². The molecule has 0 aliphatic carbocycles. The summed E-state index contributed by atoms with van der Waals surface area (Å²) in [5.74, 6) is 0.141. The minimum absolute atomic E-state index is 0.00725. The molecule has 1 heterocycles. The van der Waals surface area contributed by atoms with E-state index in [0.717, 1.165) is 14.7 Å². The van der Waals surface area contributed by atoms with Gasteiger partial charge in [0.05, 0.1) is 0 Å². The van der Waals surface area contributed by atoms with E-state index in [0.29, 0.717) is 19.5 Å². The number of hydrogen-bond acceptors (Lipinski definition) is 4. The molecule has 2 amide bonds. The third-order valence-corrected chi connectivity index (χ3v) is 5.52. The maximum atomic E-state index is 12.1. The molecule has 0 aliphatic heterocycles. The van der Waals surface area contributed by atoms with Gasteiger partial charge in [-0.25, -0.2) is 0 Å². The average Bonchev–Trinajstić information content (AvgIpc) is 2.85. The molecular formula is C13H15ClN4O3Se. The number of urea groups is 1. The number of fused-ring (bicyclic) bond motifs is 1. The van der Waals surface area contributed by atoms with Crippen molar-refractivity contribution in [3.8, 4) is 0 Å². The van der Waals surface area contributed by atoms with Gasteiger partial charge in [-0.15, -0.1) is 0 Å². The van der Waals surface area contributed by atoms with E-state index >= 15 is 0 Å². The van der Waals surface area contributed by atoms with E-state index in [1.165, 1.54) is 0 Å².